The van der Waals surface area contributed by atoms with Gasteiger partial charge in [0.1, 0.15) is 0 Å². The minimum Gasteiger partial charge on any atom is -0.366 e. The van der Waals surface area contributed by atoms with Crippen LogP contribution in [-0.4, -0.2) is 41.9 Å². The Bertz CT molecular complexity index is 477. The van der Waals surface area contributed by atoms with Gasteiger partial charge in [-0.1, -0.05) is 0 Å². The fourth-order valence-electron chi connectivity index (χ4n) is 2.06. The third-order valence-corrected chi connectivity index (χ3v) is 4.31. The molecule has 7 heteroatoms. The average molecular weight is 304 g/mol. The summed E-state index contributed by atoms with van der Waals surface area (Å²) in [5.41, 5.74) is 5.59. The lowest BCUT2D eigenvalue weighted by atomic mass is 10.1. The van der Waals surface area contributed by atoms with Crippen molar-refractivity contribution < 1.29 is 9.59 Å². The van der Waals surface area contributed by atoms with Gasteiger partial charge in [0.25, 0.3) is 5.91 Å². The molecule has 106 valence electrons. The number of hydrogen-bond donors (Lipinski definition) is 2. The topological polar surface area (TPSA) is 75.4 Å². The van der Waals surface area contributed by atoms with Crippen molar-refractivity contribution in [3.8, 4) is 0 Å². The third kappa shape index (κ3) is 3.26. The van der Waals surface area contributed by atoms with Gasteiger partial charge in [-0.2, -0.15) is 0 Å². The van der Waals surface area contributed by atoms with Gasteiger partial charge >= 0.3 is 0 Å². The summed E-state index contributed by atoms with van der Waals surface area (Å²) in [7, 11) is 0. The molecule has 2 amide bonds. The van der Waals surface area contributed by atoms with Crippen LogP contribution in [0.1, 0.15) is 33.9 Å². The number of primary amides is 1. The minimum absolute atomic E-state index is 0. The fourth-order valence-corrected chi connectivity index (χ4v) is 2.91. The van der Waals surface area contributed by atoms with Gasteiger partial charge in [-0.3, -0.25) is 9.59 Å². The van der Waals surface area contributed by atoms with Gasteiger partial charge in [0.05, 0.1) is 10.4 Å². The van der Waals surface area contributed by atoms with Crippen molar-refractivity contribution >= 4 is 35.6 Å². The van der Waals surface area contributed by atoms with Crippen LogP contribution in [0.25, 0.3) is 0 Å². The summed E-state index contributed by atoms with van der Waals surface area (Å²) in [6.07, 6.45) is 0. The van der Waals surface area contributed by atoms with Crippen LogP contribution in [0.3, 0.4) is 0 Å². The quantitative estimate of drug-likeness (QED) is 0.859. The van der Waals surface area contributed by atoms with Gasteiger partial charge in [0, 0.05) is 30.6 Å². The van der Waals surface area contributed by atoms with Crippen molar-refractivity contribution in [3.05, 3.63) is 21.9 Å². The molecule has 3 N–H and O–H groups in total. The number of carbonyl (C=O) groups is 2. The number of hydrogen-bond acceptors (Lipinski definition) is 4. The Morgan fingerprint density at radius 3 is 2.74 bits per heavy atom. The summed E-state index contributed by atoms with van der Waals surface area (Å²) in [5, 5.41) is 4.96. The van der Waals surface area contributed by atoms with Crippen LogP contribution < -0.4 is 11.1 Å². The highest BCUT2D eigenvalue weighted by atomic mass is 35.5. The molecule has 1 aromatic heterocycles. The number of nitrogens with zero attached hydrogens (tertiary/aromatic N) is 1. The maximum absolute atomic E-state index is 12.3. The molecule has 1 aromatic rings. The van der Waals surface area contributed by atoms with Crippen LogP contribution in [0.15, 0.2) is 11.4 Å². The van der Waals surface area contributed by atoms with E-state index in [2.05, 4.69) is 12.2 Å². The lowest BCUT2D eigenvalue weighted by Crippen LogP contribution is -2.57. The molecule has 1 aliphatic heterocycles. The zero-order chi connectivity index (χ0) is 13.3. The van der Waals surface area contributed by atoms with Crippen molar-refractivity contribution in [2.45, 2.75) is 25.9 Å². The van der Waals surface area contributed by atoms with E-state index in [1.807, 2.05) is 11.8 Å². The van der Waals surface area contributed by atoms with Crippen LogP contribution >= 0.6 is 23.7 Å². The SMILES string of the molecule is CC1NCCN(C(=O)c2cc(C(N)=O)cs2)C1C.Cl. The van der Waals surface area contributed by atoms with Crippen molar-refractivity contribution in [3.63, 3.8) is 0 Å². The van der Waals surface area contributed by atoms with Crippen LogP contribution in [0.5, 0.6) is 0 Å². The van der Waals surface area contributed by atoms with Crippen LogP contribution in [-0.2, 0) is 0 Å². The number of amides is 2. The molecule has 0 spiro atoms. The normalized spacial score (nSPS) is 22.7. The molecule has 2 unspecified atom stereocenters. The van der Waals surface area contributed by atoms with Gasteiger partial charge in [0.2, 0.25) is 5.91 Å². The lowest BCUT2D eigenvalue weighted by Gasteiger charge is -2.38. The van der Waals surface area contributed by atoms with E-state index in [0.717, 1.165) is 6.54 Å². The molecule has 0 bridgehead atoms. The van der Waals surface area contributed by atoms with Crippen LogP contribution in [0.2, 0.25) is 0 Å². The smallest absolute Gasteiger partial charge is 0.264 e. The summed E-state index contributed by atoms with van der Waals surface area (Å²) in [4.78, 5) is 25.8. The fraction of sp³-hybridized carbons (Fsp3) is 0.500. The molecule has 19 heavy (non-hydrogen) atoms. The molecule has 5 nitrogen and oxygen atoms in total. The molecule has 0 aromatic carbocycles. The Balaban J connectivity index is 0.00000180. The third-order valence-electron chi connectivity index (χ3n) is 3.39. The highest BCUT2D eigenvalue weighted by Crippen LogP contribution is 2.19. The van der Waals surface area contributed by atoms with Crippen LogP contribution in [0.4, 0.5) is 0 Å². The number of carbonyl (C=O) groups excluding carboxylic acids is 2. The molecule has 0 aliphatic carbocycles. The predicted octanol–water partition coefficient (Wildman–Crippen LogP) is 1.09. The zero-order valence-electron chi connectivity index (χ0n) is 10.9. The first-order chi connectivity index (χ1) is 8.50. The van der Waals surface area contributed by atoms with Crippen LogP contribution in [0, 0.1) is 0 Å². The number of thiophene rings is 1. The summed E-state index contributed by atoms with van der Waals surface area (Å²) in [6.45, 7) is 5.57. The maximum Gasteiger partial charge on any atom is 0.264 e. The largest absolute Gasteiger partial charge is 0.366 e. The Kier molecular flexibility index (Phi) is 5.34. The number of nitrogens with two attached hydrogens (primary N) is 1. The van der Waals surface area contributed by atoms with Crippen molar-refractivity contribution in [1.29, 1.82) is 0 Å². The zero-order valence-corrected chi connectivity index (χ0v) is 12.5. The number of nitrogens with one attached hydrogen (secondary N) is 1. The van der Waals surface area contributed by atoms with E-state index in [0.29, 0.717) is 17.0 Å². The molecule has 1 saturated heterocycles. The van der Waals surface area contributed by atoms with Crippen molar-refractivity contribution in [1.82, 2.24) is 10.2 Å². The predicted molar refractivity (Wildman–Crippen MR) is 78.0 cm³/mol. The molecule has 2 rings (SSSR count). The number of piperazine rings is 1. The second-order valence-corrected chi connectivity index (χ2v) is 5.46. The molecule has 1 aliphatic rings. The first-order valence-electron chi connectivity index (χ1n) is 5.93. The Morgan fingerprint density at radius 2 is 2.16 bits per heavy atom. The second kappa shape index (κ2) is 6.36. The molecule has 0 radical (unpaired) electrons. The molecular formula is C12H18ClN3O2S. The molecular weight excluding hydrogens is 286 g/mol. The number of halogens is 1. The van der Waals surface area contributed by atoms with E-state index < -0.39 is 5.91 Å². The average Bonchev–Trinajstić information content (AvgIpc) is 2.81. The summed E-state index contributed by atoms with van der Waals surface area (Å²) < 4.78 is 0. The lowest BCUT2D eigenvalue weighted by molar-refractivity contribution is 0.0608. The first-order valence-corrected chi connectivity index (χ1v) is 6.81. The highest BCUT2D eigenvalue weighted by molar-refractivity contribution is 7.12. The van der Waals surface area contributed by atoms with E-state index >= 15 is 0 Å². The molecule has 2 heterocycles. The van der Waals surface area contributed by atoms with Crippen molar-refractivity contribution in [2.24, 2.45) is 5.73 Å². The second-order valence-electron chi connectivity index (χ2n) is 4.55. The first kappa shape index (κ1) is 15.9. The monoisotopic (exact) mass is 303 g/mol. The van der Waals surface area contributed by atoms with E-state index in [9.17, 15) is 9.59 Å². The molecule has 1 fully saturated rings. The van der Waals surface area contributed by atoms with Crippen molar-refractivity contribution in [2.75, 3.05) is 13.1 Å². The summed E-state index contributed by atoms with van der Waals surface area (Å²) in [6, 6.07) is 2.00. The maximum atomic E-state index is 12.3. The van der Waals surface area contributed by atoms with E-state index in [1.165, 1.54) is 11.3 Å². The standard InChI is InChI=1S/C12H17N3O2S.ClH/c1-7-8(2)15(4-3-14-7)12(17)10-5-9(6-18-10)11(13)16;/h5-8,14H,3-4H2,1-2H3,(H2,13,16);1H. The van der Waals surface area contributed by atoms with E-state index in [1.54, 1.807) is 11.4 Å². The summed E-state index contributed by atoms with van der Waals surface area (Å²) in [5.74, 6) is -0.514. The Hall–Kier alpha value is -1.11. The molecule has 2 atom stereocenters. The Morgan fingerprint density at radius 1 is 1.47 bits per heavy atom. The highest BCUT2D eigenvalue weighted by Gasteiger charge is 2.29. The Labute approximate surface area is 122 Å². The van der Waals surface area contributed by atoms with Gasteiger partial charge in [-0.25, -0.2) is 0 Å². The summed E-state index contributed by atoms with van der Waals surface area (Å²) >= 11 is 1.27. The van der Waals surface area contributed by atoms with Gasteiger partial charge in [-0.15, -0.1) is 23.7 Å². The minimum atomic E-state index is -0.493. The van der Waals surface area contributed by atoms with E-state index in [4.69, 9.17) is 5.73 Å². The molecule has 0 saturated carbocycles. The van der Waals surface area contributed by atoms with Gasteiger partial charge in [0.15, 0.2) is 0 Å². The van der Waals surface area contributed by atoms with Gasteiger partial charge in [-0.05, 0) is 19.9 Å². The van der Waals surface area contributed by atoms with Gasteiger partial charge < -0.3 is 16.0 Å². The number of rotatable bonds is 2. The van der Waals surface area contributed by atoms with E-state index in [-0.39, 0.29) is 30.4 Å².